The van der Waals surface area contributed by atoms with Crippen LogP contribution < -0.4 is 0 Å². The van der Waals surface area contributed by atoms with Gasteiger partial charge in [-0.15, -0.1) is 0 Å². The van der Waals surface area contributed by atoms with E-state index in [4.69, 9.17) is 17.0 Å². The average Bonchev–Trinajstić information content (AvgIpc) is 2.98. The number of aryl methyl sites for hydroxylation is 2. The Bertz CT molecular complexity index is 832. The fraction of sp³-hybridized carbons (Fsp3) is 0.500. The summed E-state index contributed by atoms with van der Waals surface area (Å²) < 4.78 is 10.1. The number of ether oxygens (including phenoxy) is 1. The molecular weight excluding hydrogens is 346 g/mol. The van der Waals surface area contributed by atoms with Gasteiger partial charge >= 0.3 is 5.97 Å². The Labute approximate surface area is 160 Å². The summed E-state index contributed by atoms with van der Waals surface area (Å²) in [5.41, 5.74) is 3.57. The topological polar surface area (TPSA) is 39.4 Å². The van der Waals surface area contributed by atoms with E-state index in [0.717, 1.165) is 43.1 Å². The van der Waals surface area contributed by atoms with Crippen molar-refractivity contribution in [3.63, 3.8) is 0 Å². The van der Waals surface area contributed by atoms with Crippen molar-refractivity contribution < 1.29 is 9.53 Å². The number of esters is 1. The number of carbonyl (C=O) groups is 1. The third-order valence-corrected chi connectivity index (χ3v) is 5.46. The van der Waals surface area contributed by atoms with Gasteiger partial charge in [0, 0.05) is 25.5 Å². The zero-order chi connectivity index (χ0) is 18.7. The van der Waals surface area contributed by atoms with E-state index in [-0.39, 0.29) is 11.9 Å². The van der Waals surface area contributed by atoms with Gasteiger partial charge in [0.1, 0.15) is 0 Å². The van der Waals surface area contributed by atoms with Crippen molar-refractivity contribution in [1.82, 2.24) is 14.0 Å². The first kappa shape index (κ1) is 18.9. The molecule has 0 radical (unpaired) electrons. The first-order chi connectivity index (χ1) is 12.5. The Morgan fingerprint density at radius 3 is 2.65 bits per heavy atom. The van der Waals surface area contributed by atoms with Gasteiger partial charge in [-0.3, -0.25) is 14.3 Å². The van der Waals surface area contributed by atoms with Gasteiger partial charge in [-0.05, 0) is 63.0 Å². The van der Waals surface area contributed by atoms with E-state index >= 15 is 0 Å². The molecule has 1 aromatic heterocycles. The fourth-order valence-electron chi connectivity index (χ4n) is 3.47. The molecule has 0 amide bonds. The summed E-state index contributed by atoms with van der Waals surface area (Å²) in [6, 6.07) is 6.41. The molecule has 1 aliphatic heterocycles. The predicted octanol–water partition coefficient (Wildman–Crippen LogP) is 3.86. The highest BCUT2D eigenvalue weighted by atomic mass is 32.1. The third-order valence-electron chi connectivity index (χ3n) is 5.03. The molecule has 0 bridgehead atoms. The second-order valence-corrected chi connectivity index (χ2v) is 7.36. The lowest BCUT2D eigenvalue weighted by Gasteiger charge is -2.30. The van der Waals surface area contributed by atoms with Crippen molar-refractivity contribution in [1.29, 1.82) is 0 Å². The summed E-state index contributed by atoms with van der Waals surface area (Å²) in [7, 11) is 0. The molecule has 0 unspecified atom stereocenters. The molecule has 1 aromatic carbocycles. The number of likely N-dealkylation sites (tertiary alicyclic amines) is 1. The average molecular weight is 374 g/mol. The molecule has 3 rings (SSSR count). The van der Waals surface area contributed by atoms with E-state index in [0.29, 0.717) is 6.61 Å². The number of rotatable bonds is 5. The van der Waals surface area contributed by atoms with Crippen LogP contribution in [0.2, 0.25) is 0 Å². The van der Waals surface area contributed by atoms with Crippen LogP contribution >= 0.6 is 12.2 Å². The van der Waals surface area contributed by atoms with Crippen LogP contribution in [0.4, 0.5) is 0 Å². The lowest BCUT2D eigenvalue weighted by molar-refractivity contribution is -0.149. The van der Waals surface area contributed by atoms with Crippen LogP contribution in [0.25, 0.3) is 5.69 Å². The van der Waals surface area contributed by atoms with Gasteiger partial charge in [0.25, 0.3) is 0 Å². The molecule has 6 heteroatoms. The molecule has 0 aliphatic carbocycles. The summed E-state index contributed by atoms with van der Waals surface area (Å²) in [5, 5.41) is 0. The van der Waals surface area contributed by atoms with E-state index < -0.39 is 0 Å². The minimum atomic E-state index is -0.0511. The van der Waals surface area contributed by atoms with Gasteiger partial charge in [-0.25, -0.2) is 0 Å². The standard InChI is InChI=1S/C20H27N3O2S/c1-4-25-19(24)17-7-9-21(10-8-17)14-22-11-12-23(20(22)26)18-13-15(2)5-6-16(18)3/h5-6,11-13,17H,4,7-10,14H2,1-3H3. The minimum absolute atomic E-state index is 0.0405. The summed E-state index contributed by atoms with van der Waals surface area (Å²) in [6.45, 7) is 9.05. The highest BCUT2D eigenvalue weighted by molar-refractivity contribution is 7.71. The smallest absolute Gasteiger partial charge is 0.309 e. The fourth-order valence-corrected chi connectivity index (χ4v) is 3.75. The quantitative estimate of drug-likeness (QED) is 0.589. The Balaban J connectivity index is 1.67. The number of carbonyl (C=O) groups excluding carboxylic acids is 1. The first-order valence-electron chi connectivity index (χ1n) is 9.24. The van der Waals surface area contributed by atoms with E-state index in [2.05, 4.69) is 46.1 Å². The molecule has 5 nitrogen and oxygen atoms in total. The molecule has 0 saturated carbocycles. The van der Waals surface area contributed by atoms with Crippen LogP contribution in [0.15, 0.2) is 30.6 Å². The molecule has 1 saturated heterocycles. The maximum absolute atomic E-state index is 11.9. The summed E-state index contributed by atoms with van der Waals surface area (Å²) in [5.74, 6) is -0.0106. The van der Waals surface area contributed by atoms with Crippen molar-refractivity contribution in [3.05, 3.63) is 46.5 Å². The molecule has 0 spiro atoms. The maximum atomic E-state index is 11.9. The summed E-state index contributed by atoms with van der Waals surface area (Å²) >= 11 is 5.70. The molecule has 26 heavy (non-hydrogen) atoms. The van der Waals surface area contributed by atoms with Gasteiger partial charge in [-0.2, -0.15) is 0 Å². The number of piperidine rings is 1. The van der Waals surface area contributed by atoms with Gasteiger partial charge in [-0.1, -0.05) is 12.1 Å². The van der Waals surface area contributed by atoms with Crippen LogP contribution in [-0.2, 0) is 16.2 Å². The van der Waals surface area contributed by atoms with Crippen molar-refractivity contribution in [3.8, 4) is 5.69 Å². The van der Waals surface area contributed by atoms with Crippen molar-refractivity contribution in [2.75, 3.05) is 19.7 Å². The molecule has 1 aliphatic rings. The Morgan fingerprint density at radius 2 is 1.96 bits per heavy atom. The van der Waals surface area contributed by atoms with Crippen molar-refractivity contribution >= 4 is 18.2 Å². The van der Waals surface area contributed by atoms with Gasteiger partial charge in [0.15, 0.2) is 4.77 Å². The zero-order valence-corrected chi connectivity index (χ0v) is 16.6. The number of hydrogen-bond acceptors (Lipinski definition) is 4. The van der Waals surface area contributed by atoms with Crippen LogP contribution in [0.3, 0.4) is 0 Å². The number of imidazole rings is 1. The number of nitrogens with zero attached hydrogens (tertiary/aromatic N) is 3. The van der Waals surface area contributed by atoms with E-state index in [9.17, 15) is 4.79 Å². The Hall–Kier alpha value is -1.92. The SMILES string of the molecule is CCOC(=O)C1CCN(Cn2ccn(-c3cc(C)ccc3C)c2=S)CC1. The van der Waals surface area contributed by atoms with Crippen molar-refractivity contribution in [2.45, 2.75) is 40.3 Å². The first-order valence-corrected chi connectivity index (χ1v) is 9.65. The number of benzene rings is 1. The van der Waals surface area contributed by atoms with Gasteiger partial charge < -0.3 is 9.30 Å². The van der Waals surface area contributed by atoms with E-state index in [1.807, 2.05) is 19.3 Å². The molecule has 1 fully saturated rings. The van der Waals surface area contributed by atoms with Crippen LogP contribution in [0.5, 0.6) is 0 Å². The molecule has 140 valence electrons. The van der Waals surface area contributed by atoms with Gasteiger partial charge in [0.05, 0.1) is 24.9 Å². The highest BCUT2D eigenvalue weighted by Gasteiger charge is 2.26. The molecule has 0 N–H and O–H groups in total. The lowest BCUT2D eigenvalue weighted by atomic mass is 9.97. The number of hydrogen-bond donors (Lipinski definition) is 0. The van der Waals surface area contributed by atoms with Crippen LogP contribution in [-0.4, -0.2) is 39.7 Å². The summed E-state index contributed by atoms with van der Waals surface area (Å²) in [4.78, 5) is 14.2. The largest absolute Gasteiger partial charge is 0.466 e. The monoisotopic (exact) mass is 373 g/mol. The Morgan fingerprint density at radius 1 is 1.23 bits per heavy atom. The maximum Gasteiger partial charge on any atom is 0.309 e. The third kappa shape index (κ3) is 4.07. The lowest BCUT2D eigenvalue weighted by Crippen LogP contribution is -2.37. The normalized spacial score (nSPS) is 16.0. The molecule has 2 heterocycles. The number of aromatic nitrogens is 2. The second kappa shape index (κ2) is 8.18. The molecular formula is C20H27N3O2S. The molecule has 0 atom stereocenters. The zero-order valence-electron chi connectivity index (χ0n) is 15.8. The predicted molar refractivity (Wildman–Crippen MR) is 105 cm³/mol. The van der Waals surface area contributed by atoms with Crippen LogP contribution in [0.1, 0.15) is 30.9 Å². The summed E-state index contributed by atoms with van der Waals surface area (Å²) in [6.07, 6.45) is 5.78. The highest BCUT2D eigenvalue weighted by Crippen LogP contribution is 2.21. The minimum Gasteiger partial charge on any atom is -0.466 e. The van der Waals surface area contributed by atoms with Crippen molar-refractivity contribution in [2.24, 2.45) is 5.92 Å². The van der Waals surface area contributed by atoms with Gasteiger partial charge in [0.2, 0.25) is 0 Å². The van der Waals surface area contributed by atoms with E-state index in [1.165, 1.54) is 11.1 Å². The molecule has 2 aromatic rings. The Kier molecular flexibility index (Phi) is 5.94. The van der Waals surface area contributed by atoms with E-state index in [1.54, 1.807) is 0 Å². The van der Waals surface area contributed by atoms with Crippen LogP contribution in [0, 0.1) is 24.5 Å². The second-order valence-electron chi connectivity index (χ2n) is 7.00.